The van der Waals surface area contributed by atoms with E-state index >= 15 is 0 Å². The Kier molecular flexibility index (Phi) is 7.72. The number of nitrogens with zero attached hydrogens (tertiary/aromatic N) is 2. The van der Waals surface area contributed by atoms with E-state index in [0.29, 0.717) is 11.9 Å². The van der Waals surface area contributed by atoms with Gasteiger partial charge in [-0.25, -0.2) is 0 Å². The molecule has 1 N–H and O–H groups in total. The maximum atomic E-state index is 5.35. The summed E-state index contributed by atoms with van der Waals surface area (Å²) in [5.41, 5.74) is 0. The first kappa shape index (κ1) is 18.8. The first-order valence-electron chi connectivity index (χ1n) is 6.92. The molecule has 2 aromatic rings. The molecule has 0 saturated heterocycles. The Morgan fingerprint density at radius 2 is 1.95 bits per heavy atom. The fourth-order valence-electron chi connectivity index (χ4n) is 1.80. The predicted molar refractivity (Wildman–Crippen MR) is 91.0 cm³/mol. The molecule has 0 aliphatic carbocycles. The van der Waals surface area contributed by atoms with Crippen LogP contribution in [-0.2, 0) is 6.42 Å². The maximum absolute atomic E-state index is 5.35. The molecule has 0 fully saturated rings. The molecular weight excluding hydrogens is 322 g/mol. The predicted octanol–water partition coefficient (Wildman–Crippen LogP) is 3.50. The Hall–Kier alpha value is -1.24. The summed E-state index contributed by atoms with van der Waals surface area (Å²) in [4.78, 5) is 5.61. The van der Waals surface area contributed by atoms with Crippen molar-refractivity contribution < 1.29 is 9.26 Å². The maximum Gasteiger partial charge on any atom is 0.239 e. The van der Waals surface area contributed by atoms with Gasteiger partial charge in [-0.1, -0.05) is 5.16 Å². The Balaban J connectivity index is 0.00000242. The van der Waals surface area contributed by atoms with Gasteiger partial charge in [-0.3, -0.25) is 0 Å². The molecular formula is C15H22ClN3O2S. The van der Waals surface area contributed by atoms with Crippen molar-refractivity contribution in [2.75, 3.05) is 14.2 Å². The molecule has 5 nitrogen and oxygen atoms in total. The van der Waals surface area contributed by atoms with Crippen molar-refractivity contribution >= 4 is 24.2 Å². The van der Waals surface area contributed by atoms with Crippen molar-refractivity contribution in [2.24, 2.45) is 0 Å². The topological polar surface area (TPSA) is 60.2 Å². The molecule has 0 amide bonds. The van der Waals surface area contributed by atoms with Gasteiger partial charge in [0.1, 0.15) is 5.75 Å². The molecule has 0 radical (unpaired) electrons. The van der Waals surface area contributed by atoms with Gasteiger partial charge in [0.25, 0.3) is 0 Å². The van der Waals surface area contributed by atoms with Gasteiger partial charge in [0.2, 0.25) is 5.89 Å². The third-order valence-corrected chi connectivity index (χ3v) is 4.28. The lowest BCUT2D eigenvalue weighted by atomic mass is 10.2. The first-order valence-corrected chi connectivity index (χ1v) is 7.80. The zero-order valence-electron chi connectivity index (χ0n) is 13.2. The van der Waals surface area contributed by atoms with Crippen molar-refractivity contribution in [1.29, 1.82) is 0 Å². The van der Waals surface area contributed by atoms with E-state index in [4.69, 9.17) is 9.26 Å². The van der Waals surface area contributed by atoms with Gasteiger partial charge in [-0.05, 0) is 45.2 Å². The highest BCUT2D eigenvalue weighted by Crippen LogP contribution is 2.34. The van der Waals surface area contributed by atoms with Crippen LogP contribution in [0, 0.1) is 0 Å². The summed E-state index contributed by atoms with van der Waals surface area (Å²) < 4.78 is 10.5. The number of rotatable bonds is 7. The number of halogens is 1. The number of methoxy groups -OCH3 is 1. The van der Waals surface area contributed by atoms with Gasteiger partial charge in [0, 0.05) is 17.4 Å². The average molecular weight is 344 g/mol. The second-order valence-corrected chi connectivity index (χ2v) is 6.29. The fraction of sp³-hybridized carbons (Fsp3) is 0.467. The Bertz CT molecular complexity index is 562. The number of aromatic nitrogens is 2. The summed E-state index contributed by atoms with van der Waals surface area (Å²) in [5, 5.41) is 7.31. The minimum absolute atomic E-state index is 0. The Morgan fingerprint density at radius 1 is 1.27 bits per heavy atom. The largest absolute Gasteiger partial charge is 0.497 e. The normalized spacial score (nSPS) is 13.3. The molecule has 122 valence electrons. The van der Waals surface area contributed by atoms with Crippen molar-refractivity contribution in [3.63, 3.8) is 0 Å². The number of likely N-dealkylation sites (N-methyl/N-ethyl adjacent to an activating group) is 1. The molecule has 0 aliphatic rings. The summed E-state index contributed by atoms with van der Waals surface area (Å²) >= 11 is 1.69. The molecule has 1 aromatic heterocycles. The van der Waals surface area contributed by atoms with E-state index in [9.17, 15) is 0 Å². The molecule has 1 heterocycles. The summed E-state index contributed by atoms with van der Waals surface area (Å²) in [7, 11) is 3.59. The SMILES string of the molecule is CNC(C)Cc1noc(C(C)Sc2ccc(OC)cc2)n1.Cl. The second-order valence-electron chi connectivity index (χ2n) is 4.88. The standard InChI is InChI=1S/C15H21N3O2S.ClH/c1-10(16-3)9-14-17-15(20-18-14)11(2)21-13-7-5-12(19-4)6-8-13;/h5-8,10-11,16H,9H2,1-4H3;1H. The summed E-state index contributed by atoms with van der Waals surface area (Å²) in [5.74, 6) is 2.26. The second kappa shape index (κ2) is 9.02. The number of ether oxygens (including phenoxy) is 1. The van der Waals surface area contributed by atoms with Gasteiger partial charge in [0.15, 0.2) is 5.82 Å². The minimum atomic E-state index is 0. The van der Waals surface area contributed by atoms with E-state index in [0.717, 1.165) is 22.9 Å². The third-order valence-electron chi connectivity index (χ3n) is 3.19. The lowest BCUT2D eigenvalue weighted by Crippen LogP contribution is -2.24. The highest BCUT2D eigenvalue weighted by molar-refractivity contribution is 7.99. The van der Waals surface area contributed by atoms with E-state index in [2.05, 4.69) is 29.3 Å². The van der Waals surface area contributed by atoms with Crippen LogP contribution in [0.15, 0.2) is 33.7 Å². The summed E-state index contributed by atoms with van der Waals surface area (Å²) in [6, 6.07) is 8.28. The van der Waals surface area contributed by atoms with Crippen LogP contribution in [0.25, 0.3) is 0 Å². The lowest BCUT2D eigenvalue weighted by Gasteiger charge is -2.07. The van der Waals surface area contributed by atoms with Crippen LogP contribution in [0.4, 0.5) is 0 Å². The van der Waals surface area contributed by atoms with Crippen molar-refractivity contribution in [2.45, 2.75) is 36.5 Å². The van der Waals surface area contributed by atoms with Crippen molar-refractivity contribution in [3.8, 4) is 5.75 Å². The highest BCUT2D eigenvalue weighted by Gasteiger charge is 2.16. The van der Waals surface area contributed by atoms with Gasteiger partial charge >= 0.3 is 0 Å². The molecule has 22 heavy (non-hydrogen) atoms. The molecule has 0 saturated carbocycles. The molecule has 1 aromatic carbocycles. The Morgan fingerprint density at radius 3 is 2.55 bits per heavy atom. The molecule has 2 atom stereocenters. The van der Waals surface area contributed by atoms with Crippen LogP contribution in [0.1, 0.15) is 30.8 Å². The number of hydrogen-bond acceptors (Lipinski definition) is 6. The zero-order valence-corrected chi connectivity index (χ0v) is 14.8. The third kappa shape index (κ3) is 5.19. The fourth-order valence-corrected chi connectivity index (χ4v) is 2.70. The molecule has 0 aliphatic heterocycles. The summed E-state index contributed by atoms with van der Waals surface area (Å²) in [6.07, 6.45) is 0.764. The van der Waals surface area contributed by atoms with E-state index in [1.165, 1.54) is 0 Å². The monoisotopic (exact) mass is 343 g/mol. The van der Waals surface area contributed by atoms with E-state index in [1.807, 2.05) is 31.3 Å². The van der Waals surface area contributed by atoms with Crippen LogP contribution in [0.2, 0.25) is 0 Å². The van der Waals surface area contributed by atoms with E-state index in [1.54, 1.807) is 18.9 Å². The van der Waals surface area contributed by atoms with Crippen molar-refractivity contribution in [3.05, 3.63) is 36.0 Å². The van der Waals surface area contributed by atoms with Crippen LogP contribution >= 0.6 is 24.2 Å². The number of nitrogens with one attached hydrogen (secondary N) is 1. The number of hydrogen-bond donors (Lipinski definition) is 1. The van der Waals surface area contributed by atoms with Gasteiger partial charge in [0.05, 0.1) is 12.4 Å². The Labute approximate surface area is 141 Å². The smallest absolute Gasteiger partial charge is 0.239 e. The van der Waals surface area contributed by atoms with Gasteiger partial charge < -0.3 is 14.6 Å². The number of benzene rings is 1. The van der Waals surface area contributed by atoms with Crippen LogP contribution < -0.4 is 10.1 Å². The van der Waals surface area contributed by atoms with Crippen molar-refractivity contribution in [1.82, 2.24) is 15.5 Å². The van der Waals surface area contributed by atoms with Crippen LogP contribution in [0.3, 0.4) is 0 Å². The van der Waals surface area contributed by atoms with Gasteiger partial charge in [-0.2, -0.15) is 4.98 Å². The minimum Gasteiger partial charge on any atom is -0.497 e. The first-order chi connectivity index (χ1) is 10.1. The molecule has 0 spiro atoms. The summed E-state index contributed by atoms with van der Waals surface area (Å²) in [6.45, 7) is 4.15. The molecule has 0 bridgehead atoms. The van der Waals surface area contributed by atoms with E-state index < -0.39 is 0 Å². The van der Waals surface area contributed by atoms with E-state index in [-0.39, 0.29) is 17.7 Å². The van der Waals surface area contributed by atoms with Gasteiger partial charge in [-0.15, -0.1) is 24.2 Å². The molecule has 7 heteroatoms. The average Bonchev–Trinajstić information content (AvgIpc) is 2.96. The van der Waals surface area contributed by atoms with Crippen LogP contribution in [0.5, 0.6) is 5.75 Å². The molecule has 2 rings (SSSR count). The van der Waals surface area contributed by atoms with Crippen LogP contribution in [-0.4, -0.2) is 30.3 Å². The number of thioether (sulfide) groups is 1. The zero-order chi connectivity index (χ0) is 15.2. The lowest BCUT2D eigenvalue weighted by molar-refractivity contribution is 0.373. The highest BCUT2D eigenvalue weighted by atomic mass is 35.5. The quantitative estimate of drug-likeness (QED) is 0.776. The molecule has 2 unspecified atom stereocenters.